The fourth-order valence-electron chi connectivity index (χ4n) is 3.89. The van der Waals surface area contributed by atoms with Crippen LogP contribution >= 0.6 is 23.2 Å². The molecule has 2 fully saturated rings. The lowest BCUT2D eigenvalue weighted by Crippen LogP contribution is -2.62. The van der Waals surface area contributed by atoms with Crippen LogP contribution < -0.4 is 10.2 Å². The molecule has 5 rings (SSSR count). The van der Waals surface area contributed by atoms with Gasteiger partial charge in [0.2, 0.25) is 5.65 Å². The molecule has 26 heavy (non-hydrogen) atoms. The number of nitrogens with zero attached hydrogens (tertiary/aromatic N) is 4. The number of aromatic nitrogens is 4. The molecule has 0 aliphatic carbocycles. The maximum atomic E-state index is 6.34. The second-order valence-electron chi connectivity index (χ2n) is 7.04. The zero-order valence-corrected chi connectivity index (χ0v) is 15.6. The molecule has 0 saturated carbocycles. The van der Waals surface area contributed by atoms with Crippen molar-refractivity contribution in [2.24, 2.45) is 0 Å². The summed E-state index contributed by atoms with van der Waals surface area (Å²) in [5.74, 6) is 0.877. The van der Waals surface area contributed by atoms with Crippen LogP contribution in [0, 0.1) is 0 Å². The number of H-pyrrole nitrogens is 1. The number of rotatable bonds is 2. The zero-order chi connectivity index (χ0) is 17.7. The highest BCUT2D eigenvalue weighted by molar-refractivity contribution is 6.43. The van der Waals surface area contributed by atoms with E-state index in [1.807, 2.05) is 18.3 Å². The van der Waals surface area contributed by atoms with Gasteiger partial charge < -0.3 is 10.2 Å². The molecule has 0 radical (unpaired) electrons. The molecule has 1 aromatic carbocycles. The molecule has 3 aromatic rings. The summed E-state index contributed by atoms with van der Waals surface area (Å²) in [5, 5.41) is 11.9. The fraction of sp³-hybridized carbons (Fsp3) is 0.389. The highest BCUT2D eigenvalue weighted by Crippen LogP contribution is 2.36. The van der Waals surface area contributed by atoms with Crippen LogP contribution in [0.1, 0.15) is 19.3 Å². The summed E-state index contributed by atoms with van der Waals surface area (Å²) in [5.41, 5.74) is 3.18. The van der Waals surface area contributed by atoms with Crippen LogP contribution in [-0.2, 0) is 0 Å². The van der Waals surface area contributed by atoms with Gasteiger partial charge in [-0.15, -0.1) is 0 Å². The molecule has 2 N–H and O–H groups in total. The Kier molecular flexibility index (Phi) is 3.81. The van der Waals surface area contributed by atoms with Crippen molar-refractivity contribution in [2.75, 3.05) is 24.5 Å². The van der Waals surface area contributed by atoms with Crippen LogP contribution in [0.2, 0.25) is 10.0 Å². The third kappa shape index (κ3) is 2.55. The summed E-state index contributed by atoms with van der Waals surface area (Å²) >= 11 is 12.5. The van der Waals surface area contributed by atoms with Crippen LogP contribution in [0.5, 0.6) is 0 Å². The average Bonchev–Trinajstić information content (AvgIpc) is 3.06. The summed E-state index contributed by atoms with van der Waals surface area (Å²) in [6.07, 6.45) is 5.41. The lowest BCUT2D eigenvalue weighted by molar-refractivity contribution is 0.163. The van der Waals surface area contributed by atoms with Gasteiger partial charge >= 0.3 is 0 Å². The van der Waals surface area contributed by atoms with E-state index in [0.717, 1.165) is 49.6 Å². The molecule has 134 valence electrons. The van der Waals surface area contributed by atoms with Crippen LogP contribution in [0.3, 0.4) is 0 Å². The van der Waals surface area contributed by atoms with E-state index in [1.54, 1.807) is 6.07 Å². The SMILES string of the molecule is Clc1cccc(-c2[nH]nc3nc(N4CCC5(CCN5)CC4)cnc23)c1Cl. The Bertz CT molecular complexity index is 971. The normalized spacial score (nSPS) is 19.1. The van der Waals surface area contributed by atoms with Crippen molar-refractivity contribution in [3.05, 3.63) is 34.4 Å². The Balaban J connectivity index is 1.45. The molecule has 0 unspecified atom stereocenters. The van der Waals surface area contributed by atoms with Crippen molar-refractivity contribution in [3.8, 4) is 11.3 Å². The Hall–Kier alpha value is -1.89. The molecule has 0 amide bonds. The van der Waals surface area contributed by atoms with Gasteiger partial charge in [-0.1, -0.05) is 35.3 Å². The molecule has 0 bridgehead atoms. The summed E-state index contributed by atoms with van der Waals surface area (Å²) in [7, 11) is 0. The van der Waals surface area contributed by atoms with E-state index in [0.29, 0.717) is 26.7 Å². The second kappa shape index (κ2) is 6.08. The minimum atomic E-state index is 0.372. The lowest BCUT2D eigenvalue weighted by Gasteiger charge is -2.49. The second-order valence-corrected chi connectivity index (χ2v) is 7.83. The number of nitrogens with one attached hydrogen (secondary N) is 2. The Labute approximate surface area is 160 Å². The fourth-order valence-corrected chi connectivity index (χ4v) is 4.29. The van der Waals surface area contributed by atoms with Gasteiger partial charge in [0, 0.05) is 24.2 Å². The van der Waals surface area contributed by atoms with E-state index >= 15 is 0 Å². The number of halogens is 2. The van der Waals surface area contributed by atoms with Crippen LogP contribution in [0.4, 0.5) is 5.82 Å². The van der Waals surface area contributed by atoms with E-state index in [4.69, 9.17) is 28.2 Å². The first kappa shape index (κ1) is 16.3. The van der Waals surface area contributed by atoms with Crippen molar-refractivity contribution >= 4 is 40.2 Å². The number of hydrogen-bond acceptors (Lipinski definition) is 5. The Morgan fingerprint density at radius 2 is 1.92 bits per heavy atom. The first-order chi connectivity index (χ1) is 12.7. The monoisotopic (exact) mass is 388 g/mol. The third-order valence-electron chi connectivity index (χ3n) is 5.62. The van der Waals surface area contributed by atoms with E-state index in [9.17, 15) is 0 Å². The standard InChI is InChI=1S/C18H18Cl2N6/c19-12-3-1-2-11(14(12)20)15-16-17(25-24-15)23-13(10-21-16)26-8-5-18(6-9-26)4-7-22-18/h1-3,10,22H,4-9H2,(H,23,24,25). The van der Waals surface area contributed by atoms with Gasteiger partial charge in [0.1, 0.15) is 11.3 Å². The highest BCUT2D eigenvalue weighted by Gasteiger charge is 2.39. The quantitative estimate of drug-likeness (QED) is 0.700. The molecule has 2 saturated heterocycles. The molecule has 1 spiro atoms. The molecular formula is C18H18Cl2N6. The van der Waals surface area contributed by atoms with E-state index < -0.39 is 0 Å². The van der Waals surface area contributed by atoms with Gasteiger partial charge in [0.05, 0.1) is 21.9 Å². The molecular weight excluding hydrogens is 371 g/mol. The third-order valence-corrected chi connectivity index (χ3v) is 6.44. The van der Waals surface area contributed by atoms with Gasteiger partial charge in [0.15, 0.2) is 0 Å². The molecule has 6 nitrogen and oxygen atoms in total. The molecule has 8 heteroatoms. The van der Waals surface area contributed by atoms with Crippen molar-refractivity contribution in [2.45, 2.75) is 24.8 Å². The largest absolute Gasteiger partial charge is 0.355 e. The number of hydrogen-bond donors (Lipinski definition) is 2. The minimum absolute atomic E-state index is 0.372. The predicted molar refractivity (Wildman–Crippen MR) is 104 cm³/mol. The lowest BCUT2D eigenvalue weighted by atomic mass is 9.79. The first-order valence-electron chi connectivity index (χ1n) is 8.81. The maximum Gasteiger partial charge on any atom is 0.202 e. The zero-order valence-electron chi connectivity index (χ0n) is 14.1. The van der Waals surface area contributed by atoms with Crippen LogP contribution in [0.25, 0.3) is 22.4 Å². The number of piperidine rings is 1. The molecule has 4 heterocycles. The van der Waals surface area contributed by atoms with Gasteiger partial charge in [-0.2, -0.15) is 5.10 Å². The Morgan fingerprint density at radius 3 is 2.65 bits per heavy atom. The van der Waals surface area contributed by atoms with Crippen molar-refractivity contribution in [1.82, 2.24) is 25.5 Å². The van der Waals surface area contributed by atoms with Crippen molar-refractivity contribution in [1.29, 1.82) is 0 Å². The van der Waals surface area contributed by atoms with E-state index in [2.05, 4.69) is 25.4 Å². The number of fused-ring (bicyclic) bond motifs is 1. The van der Waals surface area contributed by atoms with Gasteiger partial charge in [-0.3, -0.25) is 5.10 Å². The van der Waals surface area contributed by atoms with Crippen LogP contribution in [-0.4, -0.2) is 45.3 Å². The first-order valence-corrected chi connectivity index (χ1v) is 9.56. The van der Waals surface area contributed by atoms with E-state index in [1.165, 1.54) is 6.42 Å². The molecule has 2 aromatic heterocycles. The van der Waals surface area contributed by atoms with Crippen molar-refractivity contribution < 1.29 is 0 Å². The van der Waals surface area contributed by atoms with Crippen LogP contribution in [0.15, 0.2) is 24.4 Å². The van der Waals surface area contributed by atoms with Gasteiger partial charge in [-0.05, 0) is 31.9 Å². The summed E-state index contributed by atoms with van der Waals surface area (Å²) in [4.78, 5) is 11.6. The summed E-state index contributed by atoms with van der Waals surface area (Å²) < 4.78 is 0. The maximum absolute atomic E-state index is 6.34. The molecule has 2 aliphatic rings. The predicted octanol–water partition coefficient (Wildman–Crippen LogP) is 3.66. The van der Waals surface area contributed by atoms with Gasteiger partial charge in [0.25, 0.3) is 0 Å². The van der Waals surface area contributed by atoms with E-state index in [-0.39, 0.29) is 0 Å². The molecule has 2 aliphatic heterocycles. The molecule has 0 atom stereocenters. The number of aromatic amines is 1. The number of anilines is 1. The average molecular weight is 389 g/mol. The van der Waals surface area contributed by atoms with Crippen molar-refractivity contribution in [3.63, 3.8) is 0 Å². The smallest absolute Gasteiger partial charge is 0.202 e. The minimum Gasteiger partial charge on any atom is -0.355 e. The van der Waals surface area contributed by atoms with Gasteiger partial charge in [-0.25, -0.2) is 9.97 Å². The summed E-state index contributed by atoms with van der Waals surface area (Å²) in [6, 6.07) is 5.51. The summed E-state index contributed by atoms with van der Waals surface area (Å²) in [6.45, 7) is 3.13. The number of benzene rings is 1. The Morgan fingerprint density at radius 1 is 1.12 bits per heavy atom. The topological polar surface area (TPSA) is 69.7 Å². The highest BCUT2D eigenvalue weighted by atomic mass is 35.5.